The van der Waals surface area contributed by atoms with Crippen molar-refractivity contribution >= 4 is 51.7 Å². The topological polar surface area (TPSA) is 62.1 Å². The van der Waals surface area contributed by atoms with E-state index in [0.717, 1.165) is 19.4 Å². The number of anilines is 1. The van der Waals surface area contributed by atoms with Crippen molar-refractivity contribution in [2.24, 2.45) is 0 Å². The number of rotatable bonds is 4. The fourth-order valence-corrected chi connectivity index (χ4v) is 3.77. The molecule has 124 valence electrons. The van der Waals surface area contributed by atoms with Crippen molar-refractivity contribution in [3.8, 4) is 0 Å². The minimum Gasteiger partial charge on any atom is -0.396 e. The van der Waals surface area contributed by atoms with Crippen LogP contribution in [0.5, 0.6) is 0 Å². The Kier molecular flexibility index (Phi) is 5.10. The van der Waals surface area contributed by atoms with Crippen molar-refractivity contribution in [3.63, 3.8) is 0 Å². The van der Waals surface area contributed by atoms with Crippen LogP contribution in [0.1, 0.15) is 19.3 Å². The molecule has 2 aromatic rings. The largest absolute Gasteiger partial charge is 0.396 e. The maximum atomic E-state index is 14.4. The molecule has 1 aliphatic heterocycles. The molecule has 1 N–H and O–H groups in total. The summed E-state index contributed by atoms with van der Waals surface area (Å²) in [5.41, 5.74) is 0.0824. The minimum atomic E-state index is -0.692. The second kappa shape index (κ2) is 6.93. The molecule has 0 amide bonds. The summed E-state index contributed by atoms with van der Waals surface area (Å²) in [5.74, 6) is -0.133. The molecule has 0 aromatic carbocycles. The second-order valence-corrected chi connectivity index (χ2v) is 6.76. The van der Waals surface area contributed by atoms with Gasteiger partial charge in [0, 0.05) is 19.2 Å². The summed E-state index contributed by atoms with van der Waals surface area (Å²) in [6, 6.07) is 0.141. The lowest BCUT2D eigenvalue weighted by atomic mass is 10.1. The van der Waals surface area contributed by atoms with E-state index in [1.807, 2.05) is 6.26 Å². The summed E-state index contributed by atoms with van der Waals surface area (Å²) in [5, 5.41) is 9.86. The normalized spacial score (nSPS) is 18.1. The van der Waals surface area contributed by atoms with Crippen molar-refractivity contribution in [3.05, 3.63) is 16.1 Å². The highest BCUT2D eigenvalue weighted by atomic mass is 35.5. The molecule has 0 radical (unpaired) electrons. The highest BCUT2D eigenvalue weighted by Gasteiger charge is 2.29. The van der Waals surface area contributed by atoms with Crippen molar-refractivity contribution in [2.75, 3.05) is 24.3 Å². The number of nitrogens with zero attached hydrogens (tertiary/aromatic N) is 4. The molecule has 5 nitrogen and oxygen atoms in total. The van der Waals surface area contributed by atoms with Crippen LogP contribution in [-0.2, 0) is 0 Å². The van der Waals surface area contributed by atoms with Crippen LogP contribution in [0.15, 0.2) is 5.16 Å². The fraction of sp³-hybridized carbons (Fsp3) is 0.500. The summed E-state index contributed by atoms with van der Waals surface area (Å²) < 4.78 is 14.4. The number of aromatic nitrogens is 3. The van der Waals surface area contributed by atoms with Crippen molar-refractivity contribution in [2.45, 2.75) is 30.5 Å². The molecule has 9 heteroatoms. The molecule has 1 fully saturated rings. The van der Waals surface area contributed by atoms with Crippen LogP contribution in [0.3, 0.4) is 0 Å². The molecule has 3 heterocycles. The van der Waals surface area contributed by atoms with Crippen LogP contribution in [0, 0.1) is 5.82 Å². The monoisotopic (exact) mass is 376 g/mol. The predicted octanol–water partition coefficient (Wildman–Crippen LogP) is 3.54. The van der Waals surface area contributed by atoms with Gasteiger partial charge in [0.2, 0.25) is 0 Å². The molecular formula is C14H15Cl2FN4OS. The Hall–Kier alpha value is -0.890. The third-order valence-electron chi connectivity index (χ3n) is 3.96. The zero-order chi connectivity index (χ0) is 16.6. The summed E-state index contributed by atoms with van der Waals surface area (Å²) in [6.45, 7) is 0.858. The number of fused-ring (bicyclic) bond motifs is 1. The van der Waals surface area contributed by atoms with E-state index in [0.29, 0.717) is 22.8 Å². The molecule has 1 aliphatic rings. The second-order valence-electron chi connectivity index (χ2n) is 5.27. The lowest BCUT2D eigenvalue weighted by Gasteiger charge is -2.26. The number of halogens is 3. The lowest BCUT2D eigenvalue weighted by molar-refractivity contribution is 0.275. The molecule has 0 aliphatic carbocycles. The third-order valence-corrected chi connectivity index (χ3v) is 5.03. The molecule has 1 saturated heterocycles. The van der Waals surface area contributed by atoms with E-state index < -0.39 is 5.82 Å². The Bertz CT molecular complexity index is 749. The van der Waals surface area contributed by atoms with Gasteiger partial charge in [-0.1, -0.05) is 35.0 Å². The number of aliphatic hydroxyl groups is 1. The Morgan fingerprint density at radius 1 is 1.30 bits per heavy atom. The SMILES string of the molecule is CSc1nc(N2CCC[C@@H]2CCO)c2c(Cl)nc(Cl)c(F)c2n1. The number of hydrogen-bond donors (Lipinski definition) is 1. The maximum absolute atomic E-state index is 14.4. The predicted molar refractivity (Wildman–Crippen MR) is 91.2 cm³/mol. The van der Waals surface area contributed by atoms with E-state index in [4.69, 9.17) is 23.2 Å². The maximum Gasteiger partial charge on any atom is 0.189 e. The van der Waals surface area contributed by atoms with Crippen molar-refractivity contribution < 1.29 is 9.50 Å². The van der Waals surface area contributed by atoms with Crippen LogP contribution in [0.2, 0.25) is 10.3 Å². The molecule has 0 saturated carbocycles. The Balaban J connectivity index is 2.24. The van der Waals surface area contributed by atoms with Crippen LogP contribution in [0.4, 0.5) is 10.2 Å². The van der Waals surface area contributed by atoms with Gasteiger partial charge in [-0.2, -0.15) is 0 Å². The third kappa shape index (κ3) is 3.07. The summed E-state index contributed by atoms with van der Waals surface area (Å²) >= 11 is 13.3. The number of thioether (sulfide) groups is 1. The highest BCUT2D eigenvalue weighted by Crippen LogP contribution is 2.37. The zero-order valence-electron chi connectivity index (χ0n) is 12.4. The zero-order valence-corrected chi connectivity index (χ0v) is 14.7. The van der Waals surface area contributed by atoms with Gasteiger partial charge in [0.25, 0.3) is 0 Å². The number of hydrogen-bond acceptors (Lipinski definition) is 6. The van der Waals surface area contributed by atoms with E-state index in [1.165, 1.54) is 11.8 Å². The first-order valence-electron chi connectivity index (χ1n) is 7.20. The van der Waals surface area contributed by atoms with Gasteiger partial charge in [-0.25, -0.2) is 19.3 Å². The van der Waals surface area contributed by atoms with Gasteiger partial charge in [-0.05, 0) is 25.5 Å². The van der Waals surface area contributed by atoms with Gasteiger partial charge in [0.05, 0.1) is 5.39 Å². The first kappa shape index (κ1) is 17.0. The average Bonchev–Trinajstić information content (AvgIpc) is 3.00. The van der Waals surface area contributed by atoms with Crippen LogP contribution < -0.4 is 4.90 Å². The van der Waals surface area contributed by atoms with Gasteiger partial charge < -0.3 is 10.0 Å². The molecule has 23 heavy (non-hydrogen) atoms. The molecular weight excluding hydrogens is 362 g/mol. The molecule has 2 aromatic heterocycles. The summed E-state index contributed by atoms with van der Waals surface area (Å²) in [4.78, 5) is 14.6. The fourth-order valence-electron chi connectivity index (χ4n) is 2.93. The van der Waals surface area contributed by atoms with Crippen molar-refractivity contribution in [1.29, 1.82) is 0 Å². The lowest BCUT2D eigenvalue weighted by Crippen LogP contribution is -2.31. The standard InChI is InChI=1S/C14H15Cl2FN4OS/c1-23-14-18-10-8(11(15)19-12(16)9(10)17)13(20-14)21-5-2-3-7(21)4-6-22/h7,22H,2-6H2,1H3/t7-/m1/s1. The smallest absolute Gasteiger partial charge is 0.189 e. The van der Waals surface area contributed by atoms with Gasteiger partial charge in [0.15, 0.2) is 16.1 Å². The van der Waals surface area contributed by atoms with E-state index in [1.54, 1.807) is 0 Å². The highest BCUT2D eigenvalue weighted by molar-refractivity contribution is 7.98. The molecule has 0 bridgehead atoms. The average molecular weight is 377 g/mol. The minimum absolute atomic E-state index is 0.0824. The van der Waals surface area contributed by atoms with E-state index >= 15 is 0 Å². The van der Waals surface area contributed by atoms with Gasteiger partial charge in [0.1, 0.15) is 16.5 Å². The number of pyridine rings is 1. The summed E-state index contributed by atoms with van der Waals surface area (Å²) in [7, 11) is 0. The van der Waals surface area contributed by atoms with Crippen LogP contribution in [-0.4, -0.2) is 45.5 Å². The van der Waals surface area contributed by atoms with E-state index in [2.05, 4.69) is 19.9 Å². The Morgan fingerprint density at radius 2 is 2.09 bits per heavy atom. The Labute approximate surface area is 147 Å². The first-order valence-corrected chi connectivity index (χ1v) is 9.18. The quantitative estimate of drug-likeness (QED) is 0.500. The Morgan fingerprint density at radius 3 is 2.78 bits per heavy atom. The van der Waals surface area contributed by atoms with Crippen LogP contribution in [0.25, 0.3) is 10.9 Å². The molecule has 0 unspecified atom stereocenters. The molecule has 3 rings (SSSR count). The molecule has 0 spiro atoms. The summed E-state index contributed by atoms with van der Waals surface area (Å²) in [6.07, 6.45) is 4.37. The molecule has 1 atom stereocenters. The number of aliphatic hydroxyl groups excluding tert-OH is 1. The van der Waals surface area contributed by atoms with Crippen LogP contribution >= 0.6 is 35.0 Å². The van der Waals surface area contributed by atoms with E-state index in [9.17, 15) is 9.50 Å². The van der Waals surface area contributed by atoms with Gasteiger partial charge >= 0.3 is 0 Å². The van der Waals surface area contributed by atoms with Crippen molar-refractivity contribution in [1.82, 2.24) is 15.0 Å². The first-order chi connectivity index (χ1) is 11.1. The van der Waals surface area contributed by atoms with E-state index in [-0.39, 0.29) is 28.5 Å². The van der Waals surface area contributed by atoms with Gasteiger partial charge in [-0.15, -0.1) is 0 Å². The van der Waals surface area contributed by atoms with Gasteiger partial charge in [-0.3, -0.25) is 0 Å².